The number of amides is 1. The van der Waals surface area contributed by atoms with Crippen molar-refractivity contribution in [3.63, 3.8) is 0 Å². The fourth-order valence-corrected chi connectivity index (χ4v) is 3.78. The standard InChI is InChI=1S/C18H15NO3S2/c1-22-18(21)15-8-9-17(24-15)19-16(20)11-23-14-7-6-12-4-2-3-5-13(12)10-14/h2-10H,11H2,1H3,(H,19,20). The molecule has 0 aliphatic rings. The van der Waals surface area contributed by atoms with Gasteiger partial charge in [0.25, 0.3) is 0 Å². The first-order chi connectivity index (χ1) is 11.7. The molecule has 0 bridgehead atoms. The molecular formula is C18H15NO3S2. The molecule has 0 fully saturated rings. The van der Waals surface area contributed by atoms with Gasteiger partial charge in [0.2, 0.25) is 5.91 Å². The molecule has 1 aromatic heterocycles. The van der Waals surface area contributed by atoms with Gasteiger partial charge in [0.05, 0.1) is 17.9 Å². The molecule has 2 aromatic carbocycles. The van der Waals surface area contributed by atoms with Crippen LogP contribution in [0.15, 0.2) is 59.5 Å². The lowest BCUT2D eigenvalue weighted by Crippen LogP contribution is -2.12. The van der Waals surface area contributed by atoms with Crippen molar-refractivity contribution in [1.29, 1.82) is 0 Å². The van der Waals surface area contributed by atoms with Gasteiger partial charge < -0.3 is 10.1 Å². The molecule has 0 spiro atoms. The van der Waals surface area contributed by atoms with Crippen LogP contribution in [-0.4, -0.2) is 24.7 Å². The number of nitrogens with one attached hydrogen (secondary N) is 1. The Hall–Kier alpha value is -2.31. The van der Waals surface area contributed by atoms with E-state index in [1.54, 1.807) is 12.1 Å². The van der Waals surface area contributed by atoms with Crippen molar-refractivity contribution in [2.75, 3.05) is 18.2 Å². The van der Waals surface area contributed by atoms with Crippen molar-refractivity contribution in [2.24, 2.45) is 0 Å². The second-order valence-electron chi connectivity index (χ2n) is 5.00. The largest absolute Gasteiger partial charge is 0.465 e. The smallest absolute Gasteiger partial charge is 0.348 e. The Labute approximate surface area is 147 Å². The minimum Gasteiger partial charge on any atom is -0.465 e. The summed E-state index contributed by atoms with van der Waals surface area (Å²) in [5, 5.41) is 5.78. The molecule has 1 N–H and O–H groups in total. The highest BCUT2D eigenvalue weighted by molar-refractivity contribution is 8.00. The molecular weight excluding hydrogens is 342 g/mol. The van der Waals surface area contributed by atoms with E-state index in [0.29, 0.717) is 15.6 Å². The van der Waals surface area contributed by atoms with Gasteiger partial charge in [0.1, 0.15) is 4.88 Å². The van der Waals surface area contributed by atoms with Gasteiger partial charge in [-0.1, -0.05) is 30.3 Å². The van der Waals surface area contributed by atoms with Crippen LogP contribution in [0.2, 0.25) is 0 Å². The van der Waals surface area contributed by atoms with Gasteiger partial charge in [-0.2, -0.15) is 0 Å². The lowest BCUT2D eigenvalue weighted by molar-refractivity contribution is -0.113. The van der Waals surface area contributed by atoms with E-state index in [2.05, 4.69) is 34.3 Å². The first-order valence-electron chi connectivity index (χ1n) is 7.25. The number of esters is 1. The Kier molecular flexibility index (Phi) is 5.17. The first kappa shape index (κ1) is 16.5. The SMILES string of the molecule is COC(=O)c1ccc(NC(=O)CSc2ccc3ccccc3c2)s1. The van der Waals surface area contributed by atoms with E-state index in [4.69, 9.17) is 0 Å². The number of hydrogen-bond donors (Lipinski definition) is 1. The minimum atomic E-state index is -0.397. The quantitative estimate of drug-likeness (QED) is 0.542. The molecule has 0 radical (unpaired) electrons. The Bertz CT molecular complexity index is 889. The van der Waals surface area contributed by atoms with E-state index < -0.39 is 5.97 Å². The number of ether oxygens (including phenoxy) is 1. The second kappa shape index (κ2) is 7.51. The molecule has 0 atom stereocenters. The van der Waals surface area contributed by atoms with Crippen LogP contribution in [-0.2, 0) is 9.53 Å². The number of carbonyl (C=O) groups excluding carboxylic acids is 2. The minimum absolute atomic E-state index is 0.105. The summed E-state index contributed by atoms with van der Waals surface area (Å²) in [5.74, 6) is -0.193. The lowest BCUT2D eigenvalue weighted by atomic mass is 10.1. The fraction of sp³-hybridized carbons (Fsp3) is 0.111. The number of thioether (sulfide) groups is 1. The molecule has 0 unspecified atom stereocenters. The number of benzene rings is 2. The average Bonchev–Trinajstić information content (AvgIpc) is 3.07. The van der Waals surface area contributed by atoms with Gasteiger partial charge in [-0.3, -0.25) is 4.79 Å². The topological polar surface area (TPSA) is 55.4 Å². The van der Waals surface area contributed by atoms with Gasteiger partial charge in [-0.05, 0) is 35.0 Å². The normalized spacial score (nSPS) is 10.5. The number of hydrogen-bond acceptors (Lipinski definition) is 5. The first-order valence-corrected chi connectivity index (χ1v) is 9.05. The van der Waals surface area contributed by atoms with Crippen molar-refractivity contribution in [3.8, 4) is 0 Å². The van der Waals surface area contributed by atoms with Gasteiger partial charge in [-0.15, -0.1) is 23.1 Å². The van der Waals surface area contributed by atoms with Crippen molar-refractivity contribution in [1.82, 2.24) is 0 Å². The van der Waals surface area contributed by atoms with E-state index in [-0.39, 0.29) is 5.91 Å². The number of methoxy groups -OCH3 is 1. The molecule has 0 saturated carbocycles. The van der Waals surface area contributed by atoms with E-state index >= 15 is 0 Å². The van der Waals surface area contributed by atoms with E-state index in [0.717, 1.165) is 10.3 Å². The molecule has 6 heteroatoms. The molecule has 122 valence electrons. The Balaban J connectivity index is 1.58. The number of fused-ring (bicyclic) bond motifs is 1. The summed E-state index contributed by atoms with van der Waals surface area (Å²) in [6.45, 7) is 0. The summed E-state index contributed by atoms with van der Waals surface area (Å²) in [6.07, 6.45) is 0. The number of anilines is 1. The molecule has 4 nitrogen and oxygen atoms in total. The Morgan fingerprint density at radius 3 is 2.67 bits per heavy atom. The average molecular weight is 357 g/mol. The van der Waals surface area contributed by atoms with Crippen LogP contribution < -0.4 is 5.32 Å². The monoisotopic (exact) mass is 357 g/mol. The van der Waals surface area contributed by atoms with Crippen molar-refractivity contribution < 1.29 is 14.3 Å². The van der Waals surface area contributed by atoms with Crippen LogP contribution in [0.1, 0.15) is 9.67 Å². The summed E-state index contributed by atoms with van der Waals surface area (Å²) in [5.41, 5.74) is 0. The maximum Gasteiger partial charge on any atom is 0.348 e. The summed E-state index contributed by atoms with van der Waals surface area (Å²) in [6, 6.07) is 17.6. The summed E-state index contributed by atoms with van der Waals surface area (Å²) >= 11 is 2.68. The molecule has 3 rings (SSSR count). The fourth-order valence-electron chi connectivity index (χ4n) is 2.19. The summed E-state index contributed by atoms with van der Waals surface area (Å²) < 4.78 is 4.65. The highest BCUT2D eigenvalue weighted by Gasteiger charge is 2.11. The zero-order valence-electron chi connectivity index (χ0n) is 12.9. The third kappa shape index (κ3) is 3.96. The molecule has 0 saturated heterocycles. The van der Waals surface area contributed by atoms with E-state index in [9.17, 15) is 9.59 Å². The second-order valence-corrected chi connectivity index (χ2v) is 7.13. The van der Waals surface area contributed by atoms with Crippen LogP contribution in [0.3, 0.4) is 0 Å². The van der Waals surface area contributed by atoms with Crippen LogP contribution in [0.4, 0.5) is 5.00 Å². The predicted molar refractivity (Wildman–Crippen MR) is 99.0 cm³/mol. The zero-order valence-corrected chi connectivity index (χ0v) is 14.6. The molecule has 1 heterocycles. The molecule has 24 heavy (non-hydrogen) atoms. The number of carbonyl (C=O) groups is 2. The van der Waals surface area contributed by atoms with Crippen molar-refractivity contribution in [2.45, 2.75) is 4.90 Å². The molecule has 0 aliphatic carbocycles. The van der Waals surface area contributed by atoms with Crippen LogP contribution >= 0.6 is 23.1 Å². The Morgan fingerprint density at radius 2 is 1.88 bits per heavy atom. The highest BCUT2D eigenvalue weighted by Crippen LogP contribution is 2.25. The highest BCUT2D eigenvalue weighted by atomic mass is 32.2. The number of rotatable bonds is 5. The van der Waals surface area contributed by atoms with E-state index in [1.807, 2.05) is 18.2 Å². The lowest BCUT2D eigenvalue weighted by Gasteiger charge is -2.04. The van der Waals surface area contributed by atoms with Gasteiger partial charge >= 0.3 is 5.97 Å². The molecule has 0 aliphatic heterocycles. The third-order valence-electron chi connectivity index (χ3n) is 3.35. The molecule has 3 aromatic rings. The zero-order chi connectivity index (χ0) is 16.9. The van der Waals surface area contributed by atoms with Crippen molar-refractivity contribution >= 4 is 50.7 Å². The third-order valence-corrected chi connectivity index (χ3v) is 5.32. The van der Waals surface area contributed by atoms with Gasteiger partial charge in [0.15, 0.2) is 0 Å². The summed E-state index contributed by atoms with van der Waals surface area (Å²) in [7, 11) is 1.33. The molecule has 1 amide bonds. The maximum atomic E-state index is 12.1. The number of thiophene rings is 1. The van der Waals surface area contributed by atoms with E-state index in [1.165, 1.54) is 35.6 Å². The van der Waals surface area contributed by atoms with Crippen molar-refractivity contribution in [3.05, 3.63) is 59.5 Å². The van der Waals surface area contributed by atoms with Crippen LogP contribution in [0.25, 0.3) is 10.8 Å². The summed E-state index contributed by atoms with van der Waals surface area (Å²) in [4.78, 5) is 25.0. The Morgan fingerprint density at radius 1 is 1.08 bits per heavy atom. The van der Waals surface area contributed by atoms with Gasteiger partial charge in [-0.25, -0.2) is 4.79 Å². The maximum absolute atomic E-state index is 12.1. The van der Waals surface area contributed by atoms with Gasteiger partial charge in [0, 0.05) is 4.90 Å². The predicted octanol–water partition coefficient (Wildman–Crippen LogP) is 4.42. The van der Waals surface area contributed by atoms with Crippen LogP contribution in [0.5, 0.6) is 0 Å². The van der Waals surface area contributed by atoms with Crippen LogP contribution in [0, 0.1) is 0 Å².